The van der Waals surface area contributed by atoms with Crippen molar-refractivity contribution in [3.63, 3.8) is 0 Å². The molecule has 0 saturated carbocycles. The first kappa shape index (κ1) is 34.7. The second-order valence-corrected chi connectivity index (χ2v) is 11.9. The Kier molecular flexibility index (Phi) is 12.3. The number of benzene rings is 4. The number of carbonyl (C=O) groups is 3. The van der Waals surface area contributed by atoms with E-state index >= 15 is 0 Å². The molecular formula is C38H36Cl2N2O6. The van der Waals surface area contributed by atoms with Gasteiger partial charge in [-0.15, -0.1) is 11.6 Å². The van der Waals surface area contributed by atoms with Gasteiger partial charge in [0, 0.05) is 5.88 Å². The zero-order valence-corrected chi connectivity index (χ0v) is 27.7. The normalized spacial score (nSPS) is 16.1. The average Bonchev–Trinajstić information content (AvgIpc) is 3.13. The maximum Gasteiger partial charge on any atom is 0.334 e. The summed E-state index contributed by atoms with van der Waals surface area (Å²) in [5.74, 6) is -1.18. The predicted octanol–water partition coefficient (Wildman–Crippen LogP) is 6.21. The smallest absolute Gasteiger partial charge is 0.334 e. The highest BCUT2D eigenvalue weighted by atomic mass is 35.5. The molecule has 1 heterocycles. The van der Waals surface area contributed by atoms with Crippen LogP contribution in [0, 0.1) is 0 Å². The van der Waals surface area contributed by atoms with Gasteiger partial charge in [-0.1, -0.05) is 127 Å². The molecule has 1 fully saturated rings. The maximum absolute atomic E-state index is 13.7. The zero-order chi connectivity index (χ0) is 33.9. The first-order valence-corrected chi connectivity index (χ1v) is 16.5. The van der Waals surface area contributed by atoms with Crippen molar-refractivity contribution in [2.75, 3.05) is 19.1 Å². The summed E-state index contributed by atoms with van der Waals surface area (Å²) in [5, 5.41) is 2.61. The molecule has 0 radical (unpaired) electrons. The van der Waals surface area contributed by atoms with Gasteiger partial charge in [0.1, 0.15) is 30.5 Å². The summed E-state index contributed by atoms with van der Waals surface area (Å²) in [5.41, 5.74) is 2.69. The summed E-state index contributed by atoms with van der Waals surface area (Å²) in [6, 6.07) is 33.7. The monoisotopic (exact) mass is 686 g/mol. The van der Waals surface area contributed by atoms with E-state index in [4.69, 9.17) is 37.4 Å². The van der Waals surface area contributed by atoms with Crippen LogP contribution in [-0.2, 0) is 36.9 Å². The molecule has 3 atom stereocenters. The highest BCUT2D eigenvalue weighted by Crippen LogP contribution is 2.33. The molecule has 0 aromatic heterocycles. The van der Waals surface area contributed by atoms with Gasteiger partial charge in [0.15, 0.2) is 12.1 Å². The number of ether oxygens (including phenoxy) is 3. The van der Waals surface area contributed by atoms with Crippen LogP contribution in [0.2, 0.25) is 0 Å². The molecule has 1 aliphatic heterocycles. The predicted molar refractivity (Wildman–Crippen MR) is 185 cm³/mol. The molecule has 2 amide bonds. The number of rotatable bonds is 16. The number of nitrogens with one attached hydrogen (secondary N) is 1. The molecule has 248 valence electrons. The fourth-order valence-electron chi connectivity index (χ4n) is 5.34. The Balaban J connectivity index is 1.14. The topological polar surface area (TPSA) is 94.2 Å². The Morgan fingerprint density at radius 1 is 0.854 bits per heavy atom. The molecule has 1 saturated heterocycles. The van der Waals surface area contributed by atoms with Gasteiger partial charge in [0.2, 0.25) is 5.91 Å². The molecule has 0 aliphatic carbocycles. The van der Waals surface area contributed by atoms with Gasteiger partial charge in [-0.05, 0) is 40.3 Å². The van der Waals surface area contributed by atoms with Crippen LogP contribution in [-0.4, -0.2) is 59.4 Å². The van der Waals surface area contributed by atoms with Crippen molar-refractivity contribution in [1.29, 1.82) is 0 Å². The number of halogens is 2. The second-order valence-electron chi connectivity index (χ2n) is 11.2. The summed E-state index contributed by atoms with van der Waals surface area (Å²) in [6.07, 6.45) is -0.227. The van der Waals surface area contributed by atoms with Crippen molar-refractivity contribution < 1.29 is 28.6 Å². The van der Waals surface area contributed by atoms with Gasteiger partial charge in [0.25, 0.3) is 5.91 Å². The molecule has 0 bridgehead atoms. The van der Waals surface area contributed by atoms with Crippen LogP contribution in [0.3, 0.4) is 0 Å². The van der Waals surface area contributed by atoms with Crippen molar-refractivity contribution >= 4 is 41.0 Å². The number of amides is 2. The average molecular weight is 688 g/mol. The number of β-lactam (4-membered cyclic amide) rings is 1. The third kappa shape index (κ3) is 8.63. The number of esters is 1. The molecule has 48 heavy (non-hydrogen) atoms. The number of carbonyl (C=O) groups excluding carboxylic acids is 3. The standard InChI is InChI=1S/C38H36Cl2N2O6/c1-26(23-39)34(38(45)48-35(29-16-7-3-8-17-29)30-18-9-4-10-19-30)42-36(40)33(37(42)44)41-32(43)25-46-22-21-28-15-11-12-20-31(28)47-24-27-13-5-2-6-14-27/h2-20,33-36H,1,21-25H2,(H,41,43). The van der Waals surface area contributed by atoms with E-state index in [0.717, 1.165) is 32.9 Å². The molecule has 5 rings (SSSR count). The zero-order valence-electron chi connectivity index (χ0n) is 26.2. The minimum absolute atomic E-state index is 0.111. The van der Waals surface area contributed by atoms with Crippen molar-refractivity contribution in [2.45, 2.75) is 36.7 Å². The van der Waals surface area contributed by atoms with E-state index < -0.39 is 41.5 Å². The van der Waals surface area contributed by atoms with Crippen LogP contribution in [0.4, 0.5) is 0 Å². The van der Waals surface area contributed by atoms with Crippen LogP contribution in [0.1, 0.15) is 28.4 Å². The lowest BCUT2D eigenvalue weighted by Crippen LogP contribution is -2.72. The number of nitrogens with zero attached hydrogens (tertiary/aromatic N) is 1. The van der Waals surface area contributed by atoms with E-state index in [1.807, 2.05) is 115 Å². The van der Waals surface area contributed by atoms with Crippen LogP contribution in [0.25, 0.3) is 0 Å². The maximum atomic E-state index is 13.7. The lowest BCUT2D eigenvalue weighted by Gasteiger charge is -2.47. The number of para-hydroxylation sites is 1. The Bertz CT molecular complexity index is 1650. The van der Waals surface area contributed by atoms with Crippen molar-refractivity contribution in [3.05, 3.63) is 150 Å². The molecule has 10 heteroatoms. The lowest BCUT2D eigenvalue weighted by atomic mass is 9.98. The van der Waals surface area contributed by atoms with Gasteiger partial charge in [-0.3, -0.25) is 9.59 Å². The fourth-order valence-corrected chi connectivity index (χ4v) is 5.87. The summed E-state index contributed by atoms with van der Waals surface area (Å²) in [7, 11) is 0. The van der Waals surface area contributed by atoms with Gasteiger partial charge >= 0.3 is 5.97 Å². The summed E-state index contributed by atoms with van der Waals surface area (Å²) < 4.78 is 17.6. The first-order valence-electron chi connectivity index (χ1n) is 15.5. The molecule has 4 aromatic carbocycles. The molecule has 1 N–H and O–H groups in total. The largest absolute Gasteiger partial charge is 0.489 e. The SMILES string of the molecule is C=C(CCl)C(C(=O)OC(c1ccccc1)c1ccccc1)N1C(=O)C(NC(=O)COCCc2ccccc2OCc2ccccc2)C1Cl. The van der Waals surface area contributed by atoms with E-state index in [0.29, 0.717) is 13.0 Å². The molecule has 3 unspecified atom stereocenters. The van der Waals surface area contributed by atoms with E-state index in [2.05, 4.69) is 11.9 Å². The minimum Gasteiger partial charge on any atom is -0.489 e. The van der Waals surface area contributed by atoms with Crippen molar-refractivity contribution in [2.24, 2.45) is 0 Å². The summed E-state index contributed by atoms with van der Waals surface area (Å²) in [6.45, 7) is 4.32. The summed E-state index contributed by atoms with van der Waals surface area (Å²) in [4.78, 5) is 40.8. The van der Waals surface area contributed by atoms with Gasteiger partial charge in [-0.2, -0.15) is 0 Å². The molecule has 8 nitrogen and oxygen atoms in total. The number of hydrogen-bond acceptors (Lipinski definition) is 6. The molecule has 4 aromatic rings. The molecular weight excluding hydrogens is 651 g/mol. The first-order chi connectivity index (χ1) is 23.4. The van der Waals surface area contributed by atoms with Gasteiger partial charge < -0.3 is 24.4 Å². The Morgan fingerprint density at radius 2 is 1.44 bits per heavy atom. The van der Waals surface area contributed by atoms with Crippen LogP contribution in [0.15, 0.2) is 127 Å². The Morgan fingerprint density at radius 3 is 2.04 bits per heavy atom. The number of likely N-dealkylation sites (tertiary alicyclic amines) is 1. The number of hydrogen-bond donors (Lipinski definition) is 1. The lowest BCUT2D eigenvalue weighted by molar-refractivity contribution is -0.165. The highest BCUT2D eigenvalue weighted by Gasteiger charge is 2.53. The highest BCUT2D eigenvalue weighted by molar-refractivity contribution is 6.27. The summed E-state index contributed by atoms with van der Waals surface area (Å²) >= 11 is 12.7. The molecule has 0 spiro atoms. The van der Waals surface area contributed by atoms with E-state index in [-0.39, 0.29) is 24.7 Å². The van der Waals surface area contributed by atoms with Gasteiger partial charge in [0.05, 0.1) is 6.61 Å². The van der Waals surface area contributed by atoms with Crippen molar-refractivity contribution in [3.8, 4) is 5.75 Å². The quantitative estimate of drug-likeness (QED) is 0.0376. The van der Waals surface area contributed by atoms with E-state index in [1.54, 1.807) is 0 Å². The van der Waals surface area contributed by atoms with E-state index in [1.165, 1.54) is 0 Å². The van der Waals surface area contributed by atoms with Crippen LogP contribution >= 0.6 is 23.2 Å². The Hall–Kier alpha value is -4.63. The third-order valence-electron chi connectivity index (χ3n) is 7.83. The van der Waals surface area contributed by atoms with Crippen LogP contribution in [0.5, 0.6) is 5.75 Å². The van der Waals surface area contributed by atoms with Crippen LogP contribution < -0.4 is 10.1 Å². The van der Waals surface area contributed by atoms with E-state index in [9.17, 15) is 14.4 Å². The third-order valence-corrected chi connectivity index (χ3v) is 8.64. The minimum atomic E-state index is -1.25. The Labute approximate surface area is 290 Å². The molecule has 1 aliphatic rings. The number of alkyl halides is 2. The van der Waals surface area contributed by atoms with Gasteiger partial charge in [-0.25, -0.2) is 4.79 Å². The fraction of sp³-hybridized carbons (Fsp3) is 0.237. The van der Waals surface area contributed by atoms with Crippen molar-refractivity contribution in [1.82, 2.24) is 10.2 Å². The second kappa shape index (κ2) is 17.0.